The molecular weight excluding hydrogens is 428 g/mol. The Labute approximate surface area is 174 Å². The first-order valence-electron chi connectivity index (χ1n) is 8.37. The number of imidazole rings is 1. The highest BCUT2D eigenvalue weighted by Crippen LogP contribution is 2.35. The lowest BCUT2D eigenvalue weighted by Crippen LogP contribution is -2.36. The van der Waals surface area contributed by atoms with Crippen LogP contribution in [-0.2, 0) is 19.3 Å². The summed E-state index contributed by atoms with van der Waals surface area (Å²) in [4.78, 5) is 24.7. The number of carbonyl (C=O) groups excluding carboxylic acids is 2. The van der Waals surface area contributed by atoms with Crippen LogP contribution in [0.1, 0.15) is 26.3 Å². The first-order valence-corrected chi connectivity index (χ1v) is 9.12. The molecule has 0 saturated carbocycles. The number of alkyl halides is 3. The fourth-order valence-electron chi connectivity index (χ4n) is 2.72. The number of aromatic nitrogens is 2. The molecule has 2 aromatic carbocycles. The van der Waals surface area contributed by atoms with E-state index in [4.69, 9.17) is 23.2 Å². The molecule has 3 aromatic rings. The van der Waals surface area contributed by atoms with E-state index in [0.717, 1.165) is 12.1 Å². The van der Waals surface area contributed by atoms with E-state index in [2.05, 4.69) is 0 Å². The molecule has 4 nitrogen and oxygen atoms in total. The molecule has 0 aliphatic heterocycles. The second-order valence-electron chi connectivity index (χ2n) is 6.31. The number of nitrogens with zero attached hydrogens (tertiary/aromatic N) is 2. The molecule has 0 unspecified atom stereocenters. The van der Waals surface area contributed by atoms with Crippen molar-refractivity contribution in [2.24, 2.45) is 0 Å². The zero-order chi connectivity index (χ0) is 21.2. The molecule has 0 radical (unpaired) electrons. The molecular formula is C20H14Cl2F3N2O2+. The summed E-state index contributed by atoms with van der Waals surface area (Å²) in [7, 11) is 0. The van der Waals surface area contributed by atoms with Crippen LogP contribution in [0.4, 0.5) is 13.2 Å². The van der Waals surface area contributed by atoms with Crippen LogP contribution in [0.5, 0.6) is 0 Å². The van der Waals surface area contributed by atoms with Gasteiger partial charge in [0.25, 0.3) is 0 Å². The Bertz CT molecular complexity index is 1080. The first-order chi connectivity index (χ1) is 13.6. The van der Waals surface area contributed by atoms with Gasteiger partial charge in [-0.2, -0.15) is 13.2 Å². The normalized spacial score (nSPS) is 11.5. The van der Waals surface area contributed by atoms with Crippen molar-refractivity contribution in [3.8, 4) is 0 Å². The standard InChI is InChI=1S/C20H14Cl2F3N2O2/c21-15-3-1-2-13(8-15)18(28)10-26-6-7-27(12-26)11-19(29)14-4-5-17(22)16(9-14)20(23,24)25/h1-9,12H,10-11H2/q+1. The smallest absolute Gasteiger partial charge is 0.290 e. The number of halogens is 5. The van der Waals surface area contributed by atoms with E-state index in [1.807, 2.05) is 0 Å². The molecule has 0 aliphatic carbocycles. The van der Waals surface area contributed by atoms with Crippen molar-refractivity contribution in [1.29, 1.82) is 0 Å². The van der Waals surface area contributed by atoms with Gasteiger partial charge in [0.15, 0.2) is 13.1 Å². The molecule has 0 bridgehead atoms. The zero-order valence-electron chi connectivity index (χ0n) is 14.8. The average Bonchev–Trinajstić information content (AvgIpc) is 3.07. The third-order valence-corrected chi connectivity index (χ3v) is 4.70. The van der Waals surface area contributed by atoms with Crippen LogP contribution in [0.3, 0.4) is 0 Å². The number of benzene rings is 2. The fraction of sp³-hybridized carbons (Fsp3) is 0.150. The summed E-state index contributed by atoms with van der Waals surface area (Å²) in [5, 5.41) is -0.0161. The van der Waals surface area contributed by atoms with Crippen LogP contribution in [0, 0.1) is 0 Å². The second-order valence-corrected chi connectivity index (χ2v) is 7.15. The Morgan fingerprint density at radius 3 is 2.41 bits per heavy atom. The Morgan fingerprint density at radius 1 is 1.00 bits per heavy atom. The van der Waals surface area contributed by atoms with Gasteiger partial charge in [-0.3, -0.25) is 9.59 Å². The van der Waals surface area contributed by atoms with E-state index in [-0.39, 0.29) is 24.4 Å². The molecule has 9 heteroatoms. The third-order valence-electron chi connectivity index (χ3n) is 4.14. The van der Waals surface area contributed by atoms with Crippen molar-refractivity contribution in [2.75, 3.05) is 0 Å². The highest BCUT2D eigenvalue weighted by molar-refractivity contribution is 6.31. The van der Waals surface area contributed by atoms with Gasteiger partial charge in [0.1, 0.15) is 12.4 Å². The van der Waals surface area contributed by atoms with Gasteiger partial charge in [0, 0.05) is 16.1 Å². The van der Waals surface area contributed by atoms with Crippen molar-refractivity contribution in [3.63, 3.8) is 0 Å². The van der Waals surface area contributed by atoms with E-state index >= 15 is 0 Å². The minimum atomic E-state index is -4.65. The van der Waals surface area contributed by atoms with Crippen LogP contribution in [0.2, 0.25) is 10.0 Å². The third kappa shape index (κ3) is 5.25. The molecule has 150 valence electrons. The Balaban J connectivity index is 1.70. The molecule has 0 spiro atoms. The molecule has 0 saturated heterocycles. The van der Waals surface area contributed by atoms with Gasteiger partial charge < -0.3 is 0 Å². The Kier molecular flexibility index (Phi) is 6.10. The van der Waals surface area contributed by atoms with Crippen LogP contribution >= 0.6 is 23.2 Å². The fourth-order valence-corrected chi connectivity index (χ4v) is 3.13. The monoisotopic (exact) mass is 441 g/mol. The molecule has 29 heavy (non-hydrogen) atoms. The van der Waals surface area contributed by atoms with Crippen molar-refractivity contribution < 1.29 is 27.3 Å². The summed E-state index contributed by atoms with van der Waals surface area (Å²) >= 11 is 11.5. The molecule has 0 fully saturated rings. The lowest BCUT2D eigenvalue weighted by molar-refractivity contribution is -0.682. The van der Waals surface area contributed by atoms with Crippen LogP contribution in [-0.4, -0.2) is 16.1 Å². The maximum absolute atomic E-state index is 13.0. The molecule has 0 amide bonds. The van der Waals surface area contributed by atoms with Gasteiger partial charge in [0.05, 0.1) is 10.6 Å². The predicted molar refractivity (Wildman–Crippen MR) is 101 cm³/mol. The molecule has 3 rings (SSSR count). The molecule has 0 aliphatic rings. The van der Waals surface area contributed by atoms with Gasteiger partial charge in [-0.05, 0) is 30.3 Å². The summed E-state index contributed by atoms with van der Waals surface area (Å²) in [6, 6.07) is 9.58. The maximum Gasteiger partial charge on any atom is 0.417 e. The summed E-state index contributed by atoms with van der Waals surface area (Å²) in [5.74, 6) is -0.690. The van der Waals surface area contributed by atoms with Crippen LogP contribution in [0.15, 0.2) is 61.2 Å². The predicted octanol–water partition coefficient (Wildman–Crippen LogP) is 4.87. The van der Waals surface area contributed by atoms with Crippen molar-refractivity contribution in [1.82, 2.24) is 4.57 Å². The van der Waals surface area contributed by atoms with Gasteiger partial charge in [-0.15, -0.1) is 0 Å². The van der Waals surface area contributed by atoms with E-state index in [9.17, 15) is 22.8 Å². The van der Waals surface area contributed by atoms with Crippen LogP contribution in [0.25, 0.3) is 0 Å². The summed E-state index contributed by atoms with van der Waals surface area (Å²) in [6.07, 6.45) is 0.0357. The minimum Gasteiger partial charge on any atom is -0.290 e. The van der Waals surface area contributed by atoms with Crippen molar-refractivity contribution in [3.05, 3.63) is 87.9 Å². The molecule has 0 N–H and O–H groups in total. The summed E-state index contributed by atoms with van der Waals surface area (Å²) in [5.41, 5.74) is -0.702. The van der Waals surface area contributed by atoms with E-state index in [1.54, 1.807) is 41.2 Å². The topological polar surface area (TPSA) is 43.0 Å². The number of rotatable bonds is 6. The Morgan fingerprint density at radius 2 is 1.72 bits per heavy atom. The number of hydrogen-bond donors (Lipinski definition) is 0. The van der Waals surface area contributed by atoms with Crippen molar-refractivity contribution >= 4 is 34.8 Å². The Hall–Kier alpha value is -2.64. The van der Waals surface area contributed by atoms with Gasteiger partial charge >= 0.3 is 6.18 Å². The minimum absolute atomic E-state index is 0.0285. The maximum atomic E-state index is 13.0. The lowest BCUT2D eigenvalue weighted by atomic mass is 10.1. The van der Waals surface area contributed by atoms with Gasteiger partial charge in [0.2, 0.25) is 17.9 Å². The quantitative estimate of drug-likeness (QED) is 0.404. The first kappa shape index (κ1) is 21.1. The number of Topliss-reactive ketones (excluding diaryl/α,β-unsaturated/α-hetero) is 2. The molecule has 0 atom stereocenters. The molecule has 1 heterocycles. The number of carbonyl (C=O) groups is 2. The van der Waals surface area contributed by atoms with Gasteiger partial charge in [-0.1, -0.05) is 35.3 Å². The van der Waals surface area contributed by atoms with E-state index in [1.165, 1.54) is 17.0 Å². The molecule has 1 aromatic heterocycles. The SMILES string of the molecule is O=C(Cn1cc[n+](CC(=O)c2ccc(Cl)c(C(F)(F)F)c2)c1)c1cccc(Cl)c1. The average molecular weight is 442 g/mol. The lowest BCUT2D eigenvalue weighted by Gasteiger charge is -2.10. The summed E-state index contributed by atoms with van der Waals surface area (Å²) in [6.45, 7) is -0.155. The highest BCUT2D eigenvalue weighted by atomic mass is 35.5. The highest BCUT2D eigenvalue weighted by Gasteiger charge is 2.34. The summed E-state index contributed by atoms with van der Waals surface area (Å²) < 4.78 is 41.9. The largest absolute Gasteiger partial charge is 0.417 e. The number of hydrogen-bond acceptors (Lipinski definition) is 2. The van der Waals surface area contributed by atoms with E-state index in [0.29, 0.717) is 10.6 Å². The van der Waals surface area contributed by atoms with E-state index < -0.39 is 22.5 Å². The van der Waals surface area contributed by atoms with Crippen molar-refractivity contribution in [2.45, 2.75) is 19.3 Å². The second kappa shape index (κ2) is 8.39. The zero-order valence-corrected chi connectivity index (χ0v) is 16.3. The van der Waals surface area contributed by atoms with Gasteiger partial charge in [-0.25, -0.2) is 9.13 Å². The number of ketones is 2. The van der Waals surface area contributed by atoms with Crippen LogP contribution < -0.4 is 4.57 Å².